The Hall–Kier alpha value is -1.16. The molecule has 0 spiro atoms. The molecular formula is C12H17NO2S. The molecule has 1 rings (SSSR count). The molecule has 88 valence electrons. The van der Waals surface area contributed by atoms with Crippen LogP contribution in [0, 0.1) is 0 Å². The summed E-state index contributed by atoms with van der Waals surface area (Å²) in [5.74, 6) is 1.72. The number of carbonyl (C=O) groups is 1. The van der Waals surface area contributed by atoms with E-state index in [4.69, 9.17) is 10.5 Å². The summed E-state index contributed by atoms with van der Waals surface area (Å²) in [4.78, 5) is 11.4. The molecule has 1 aromatic carbocycles. The molecule has 0 bridgehead atoms. The normalized spacial score (nSPS) is 10.1. The summed E-state index contributed by atoms with van der Waals surface area (Å²) < 4.78 is 5.09. The number of anilines is 1. The van der Waals surface area contributed by atoms with Crippen LogP contribution in [0.3, 0.4) is 0 Å². The summed E-state index contributed by atoms with van der Waals surface area (Å²) in [5, 5.41) is 0. The third-order valence-corrected chi connectivity index (χ3v) is 2.86. The first kappa shape index (κ1) is 12.9. The van der Waals surface area contributed by atoms with Gasteiger partial charge in [0.05, 0.1) is 6.42 Å². The van der Waals surface area contributed by atoms with Gasteiger partial charge in [0.1, 0.15) is 6.61 Å². The van der Waals surface area contributed by atoms with Crippen LogP contribution in [0.1, 0.15) is 12.5 Å². The minimum absolute atomic E-state index is 0.192. The van der Waals surface area contributed by atoms with Crippen LogP contribution in [0.25, 0.3) is 0 Å². The molecule has 0 amide bonds. The number of hydrogen-bond acceptors (Lipinski definition) is 4. The van der Waals surface area contributed by atoms with E-state index < -0.39 is 0 Å². The number of ether oxygens (including phenoxy) is 1. The van der Waals surface area contributed by atoms with Crippen molar-refractivity contribution in [2.75, 3.05) is 23.8 Å². The average molecular weight is 239 g/mol. The van der Waals surface area contributed by atoms with Crippen LogP contribution in [-0.4, -0.2) is 24.1 Å². The lowest BCUT2D eigenvalue weighted by atomic mass is 10.1. The number of esters is 1. The molecule has 0 saturated carbocycles. The van der Waals surface area contributed by atoms with Gasteiger partial charge in [-0.1, -0.05) is 19.1 Å². The first-order valence-corrected chi connectivity index (χ1v) is 6.45. The molecule has 2 N–H and O–H groups in total. The molecule has 16 heavy (non-hydrogen) atoms. The number of carbonyl (C=O) groups excluding carboxylic acids is 1. The number of hydrogen-bond donors (Lipinski definition) is 1. The zero-order valence-corrected chi connectivity index (χ0v) is 10.3. The molecule has 0 aliphatic carbocycles. The molecule has 4 heteroatoms. The third kappa shape index (κ3) is 5.07. The largest absolute Gasteiger partial charge is 0.465 e. The Bertz CT molecular complexity index is 342. The van der Waals surface area contributed by atoms with E-state index in [1.54, 1.807) is 23.9 Å². The summed E-state index contributed by atoms with van der Waals surface area (Å²) in [5.41, 5.74) is 7.19. The van der Waals surface area contributed by atoms with Crippen molar-refractivity contribution in [3.05, 3.63) is 29.8 Å². The van der Waals surface area contributed by atoms with Crippen molar-refractivity contribution >= 4 is 23.4 Å². The lowest BCUT2D eigenvalue weighted by Crippen LogP contribution is -2.10. The number of nitrogen functional groups attached to an aromatic ring is 1. The molecule has 0 aliphatic rings. The number of nitrogens with two attached hydrogens (primary N) is 1. The molecule has 0 radical (unpaired) electrons. The van der Waals surface area contributed by atoms with Gasteiger partial charge < -0.3 is 10.5 Å². The van der Waals surface area contributed by atoms with Crippen molar-refractivity contribution < 1.29 is 9.53 Å². The van der Waals surface area contributed by atoms with Crippen LogP contribution in [-0.2, 0) is 16.0 Å². The molecule has 0 heterocycles. The first-order valence-electron chi connectivity index (χ1n) is 5.30. The Labute approximate surface area is 100 Å². The highest BCUT2D eigenvalue weighted by Gasteiger charge is 2.04. The van der Waals surface area contributed by atoms with E-state index in [2.05, 4.69) is 6.92 Å². The van der Waals surface area contributed by atoms with E-state index in [0.717, 1.165) is 17.1 Å². The summed E-state index contributed by atoms with van der Waals surface area (Å²) in [6.07, 6.45) is 0.293. The van der Waals surface area contributed by atoms with Gasteiger partial charge in [0.2, 0.25) is 0 Å². The Kier molecular flexibility index (Phi) is 5.78. The van der Waals surface area contributed by atoms with Crippen LogP contribution in [0.15, 0.2) is 24.3 Å². The highest BCUT2D eigenvalue weighted by atomic mass is 32.2. The van der Waals surface area contributed by atoms with Gasteiger partial charge in [-0.15, -0.1) is 0 Å². The molecule has 0 saturated heterocycles. The molecule has 0 atom stereocenters. The van der Waals surface area contributed by atoms with E-state index in [-0.39, 0.29) is 5.97 Å². The Morgan fingerprint density at radius 3 is 3.00 bits per heavy atom. The molecule has 0 fully saturated rings. The van der Waals surface area contributed by atoms with Gasteiger partial charge in [-0.05, 0) is 23.4 Å². The zero-order valence-electron chi connectivity index (χ0n) is 9.44. The summed E-state index contributed by atoms with van der Waals surface area (Å²) >= 11 is 1.76. The van der Waals surface area contributed by atoms with E-state index >= 15 is 0 Å². The van der Waals surface area contributed by atoms with Crippen LogP contribution >= 0.6 is 11.8 Å². The summed E-state index contributed by atoms with van der Waals surface area (Å²) in [7, 11) is 0. The Morgan fingerprint density at radius 1 is 1.50 bits per heavy atom. The van der Waals surface area contributed by atoms with Crippen molar-refractivity contribution in [1.82, 2.24) is 0 Å². The quantitative estimate of drug-likeness (QED) is 0.469. The molecule has 0 unspecified atom stereocenters. The molecule has 0 aromatic heterocycles. The van der Waals surface area contributed by atoms with Gasteiger partial charge in [0, 0.05) is 11.4 Å². The van der Waals surface area contributed by atoms with Crippen molar-refractivity contribution in [2.24, 2.45) is 0 Å². The van der Waals surface area contributed by atoms with Gasteiger partial charge in [-0.2, -0.15) is 11.8 Å². The van der Waals surface area contributed by atoms with E-state index in [9.17, 15) is 4.79 Å². The van der Waals surface area contributed by atoms with Gasteiger partial charge in [0.25, 0.3) is 0 Å². The maximum Gasteiger partial charge on any atom is 0.310 e. The second-order valence-electron chi connectivity index (χ2n) is 3.34. The monoisotopic (exact) mass is 239 g/mol. The fourth-order valence-corrected chi connectivity index (χ4v) is 1.77. The summed E-state index contributed by atoms with van der Waals surface area (Å²) in [6.45, 7) is 2.57. The Balaban J connectivity index is 2.29. The minimum atomic E-state index is -0.192. The van der Waals surface area contributed by atoms with Crippen LogP contribution in [0.4, 0.5) is 5.69 Å². The van der Waals surface area contributed by atoms with Gasteiger partial charge in [-0.25, -0.2) is 0 Å². The molecule has 1 aromatic rings. The van der Waals surface area contributed by atoms with Crippen molar-refractivity contribution in [3.63, 3.8) is 0 Å². The minimum Gasteiger partial charge on any atom is -0.465 e. The fraction of sp³-hybridized carbons (Fsp3) is 0.417. The number of rotatable bonds is 6. The van der Waals surface area contributed by atoms with Crippen molar-refractivity contribution in [3.8, 4) is 0 Å². The highest BCUT2D eigenvalue weighted by Crippen LogP contribution is 2.08. The molecule has 0 aliphatic heterocycles. The van der Waals surface area contributed by atoms with Crippen LogP contribution in [0.5, 0.6) is 0 Å². The molecular weight excluding hydrogens is 222 g/mol. The van der Waals surface area contributed by atoms with Gasteiger partial charge >= 0.3 is 5.97 Å². The smallest absolute Gasteiger partial charge is 0.310 e. The second kappa shape index (κ2) is 7.17. The lowest BCUT2D eigenvalue weighted by molar-refractivity contribution is -0.142. The van der Waals surface area contributed by atoms with Gasteiger partial charge in [0.15, 0.2) is 0 Å². The van der Waals surface area contributed by atoms with Gasteiger partial charge in [-0.3, -0.25) is 4.79 Å². The van der Waals surface area contributed by atoms with E-state index in [1.165, 1.54) is 0 Å². The predicted octanol–water partition coefficient (Wildman–Crippen LogP) is 2.11. The third-order valence-electron chi connectivity index (χ3n) is 1.99. The molecule has 3 nitrogen and oxygen atoms in total. The highest BCUT2D eigenvalue weighted by molar-refractivity contribution is 7.99. The topological polar surface area (TPSA) is 52.3 Å². The standard InChI is InChI=1S/C12H17NO2S/c1-2-16-7-6-15-12(14)9-10-4-3-5-11(13)8-10/h3-5,8H,2,6-7,9,13H2,1H3. The van der Waals surface area contributed by atoms with Crippen molar-refractivity contribution in [2.45, 2.75) is 13.3 Å². The number of thioether (sulfide) groups is 1. The zero-order chi connectivity index (χ0) is 11.8. The number of benzene rings is 1. The van der Waals surface area contributed by atoms with Crippen molar-refractivity contribution in [1.29, 1.82) is 0 Å². The SMILES string of the molecule is CCSCCOC(=O)Cc1cccc(N)c1. The maximum atomic E-state index is 11.4. The van der Waals surface area contributed by atoms with Crippen LogP contribution < -0.4 is 5.73 Å². The van der Waals surface area contributed by atoms with E-state index in [1.807, 2.05) is 12.1 Å². The fourth-order valence-electron chi connectivity index (χ4n) is 1.28. The second-order valence-corrected chi connectivity index (χ2v) is 4.73. The lowest BCUT2D eigenvalue weighted by Gasteiger charge is -2.04. The average Bonchev–Trinajstić information content (AvgIpc) is 2.24. The van der Waals surface area contributed by atoms with E-state index in [0.29, 0.717) is 18.7 Å². The Morgan fingerprint density at radius 2 is 2.31 bits per heavy atom. The van der Waals surface area contributed by atoms with Crippen LogP contribution in [0.2, 0.25) is 0 Å². The first-order chi connectivity index (χ1) is 7.72. The summed E-state index contributed by atoms with van der Waals surface area (Å²) in [6, 6.07) is 7.30. The predicted molar refractivity (Wildman–Crippen MR) is 68.5 cm³/mol. The maximum absolute atomic E-state index is 11.4.